The lowest BCUT2D eigenvalue weighted by atomic mass is 10.8. The Balaban J connectivity index is 4.44. The third-order valence-corrected chi connectivity index (χ3v) is 4.47. The van der Waals surface area contributed by atoms with Crippen LogP contribution in [0.3, 0.4) is 0 Å². The summed E-state index contributed by atoms with van der Waals surface area (Å²) < 4.78 is 31.9. The summed E-state index contributed by atoms with van der Waals surface area (Å²) in [7, 11) is 1.81. The maximum Gasteiger partial charge on any atom is 0.531 e. The molecule has 108 valence electrons. The molecule has 7 heteroatoms. The van der Waals surface area contributed by atoms with E-state index in [0.717, 1.165) is 0 Å². The standard InChI is InChI=1S/C11H24O6Si/c1-6-18(15-9-7-12-3,16-10-8-13-4)17-11(2)14-5/h6,11H,1,7-10H2,2-5H3. The number of ether oxygens (including phenoxy) is 3. The van der Waals surface area contributed by atoms with E-state index in [9.17, 15) is 0 Å². The molecular formula is C11H24O6Si. The molecule has 1 atom stereocenters. The van der Waals surface area contributed by atoms with Crippen LogP contribution in [0.2, 0.25) is 0 Å². The van der Waals surface area contributed by atoms with E-state index in [0.29, 0.717) is 26.4 Å². The Bertz CT molecular complexity index is 204. The van der Waals surface area contributed by atoms with Crippen LogP contribution in [0, 0.1) is 0 Å². The van der Waals surface area contributed by atoms with E-state index < -0.39 is 15.1 Å². The van der Waals surface area contributed by atoms with E-state index in [1.54, 1.807) is 34.0 Å². The Kier molecular flexibility index (Phi) is 10.5. The van der Waals surface area contributed by atoms with Gasteiger partial charge in [-0.15, -0.1) is 0 Å². The van der Waals surface area contributed by atoms with Gasteiger partial charge in [0, 0.05) is 21.3 Å². The van der Waals surface area contributed by atoms with Crippen LogP contribution in [-0.2, 0) is 27.5 Å². The summed E-state index contributed by atoms with van der Waals surface area (Å²) in [6.07, 6.45) is -0.431. The van der Waals surface area contributed by atoms with Gasteiger partial charge in [0.05, 0.1) is 26.4 Å². The van der Waals surface area contributed by atoms with Crippen LogP contribution in [0.25, 0.3) is 0 Å². The predicted molar refractivity (Wildman–Crippen MR) is 69.2 cm³/mol. The first-order valence-electron chi connectivity index (χ1n) is 5.74. The summed E-state index contributed by atoms with van der Waals surface area (Å²) in [4.78, 5) is 0. The molecule has 0 aromatic rings. The number of hydrogen-bond acceptors (Lipinski definition) is 6. The molecule has 1 unspecified atom stereocenters. The van der Waals surface area contributed by atoms with Gasteiger partial charge in [-0.1, -0.05) is 6.58 Å². The first kappa shape index (κ1) is 17.7. The topological polar surface area (TPSA) is 55.4 Å². The van der Waals surface area contributed by atoms with Gasteiger partial charge >= 0.3 is 8.80 Å². The maximum atomic E-state index is 5.67. The van der Waals surface area contributed by atoms with Crippen molar-refractivity contribution in [2.45, 2.75) is 13.2 Å². The quantitative estimate of drug-likeness (QED) is 0.302. The average Bonchev–Trinajstić information content (AvgIpc) is 2.38. The summed E-state index contributed by atoms with van der Waals surface area (Å²) >= 11 is 0. The lowest BCUT2D eigenvalue weighted by molar-refractivity contribution is -0.0889. The van der Waals surface area contributed by atoms with Crippen LogP contribution in [0.5, 0.6) is 0 Å². The van der Waals surface area contributed by atoms with E-state index in [1.807, 2.05) is 0 Å². The molecule has 0 aliphatic heterocycles. The molecule has 18 heavy (non-hydrogen) atoms. The summed E-state index contributed by atoms with van der Waals surface area (Å²) in [6, 6.07) is 0. The van der Waals surface area contributed by atoms with Gasteiger partial charge in [-0.2, -0.15) is 0 Å². The zero-order valence-electron chi connectivity index (χ0n) is 11.6. The predicted octanol–water partition coefficient (Wildman–Crippen LogP) is 0.985. The Labute approximate surface area is 110 Å². The highest BCUT2D eigenvalue weighted by Crippen LogP contribution is 2.14. The molecule has 6 nitrogen and oxygen atoms in total. The van der Waals surface area contributed by atoms with Crippen molar-refractivity contribution in [1.82, 2.24) is 0 Å². The van der Waals surface area contributed by atoms with Gasteiger partial charge in [0.2, 0.25) is 0 Å². The van der Waals surface area contributed by atoms with Gasteiger partial charge < -0.3 is 27.5 Å². The number of hydrogen-bond donors (Lipinski definition) is 0. The molecule has 0 amide bonds. The largest absolute Gasteiger partial charge is 0.531 e. The lowest BCUT2D eigenvalue weighted by Gasteiger charge is -2.28. The fraction of sp³-hybridized carbons (Fsp3) is 0.818. The Morgan fingerprint density at radius 1 is 1.00 bits per heavy atom. The monoisotopic (exact) mass is 280 g/mol. The molecule has 0 bridgehead atoms. The van der Waals surface area contributed by atoms with Crippen molar-refractivity contribution in [2.24, 2.45) is 0 Å². The van der Waals surface area contributed by atoms with Gasteiger partial charge in [0.25, 0.3) is 0 Å². The van der Waals surface area contributed by atoms with Crippen LogP contribution >= 0.6 is 0 Å². The third kappa shape index (κ3) is 7.22. The minimum atomic E-state index is -2.95. The van der Waals surface area contributed by atoms with Gasteiger partial charge in [0.1, 0.15) is 6.29 Å². The number of methoxy groups -OCH3 is 3. The van der Waals surface area contributed by atoms with Crippen molar-refractivity contribution in [1.29, 1.82) is 0 Å². The van der Waals surface area contributed by atoms with E-state index >= 15 is 0 Å². The minimum Gasteiger partial charge on any atom is -0.382 e. The van der Waals surface area contributed by atoms with Crippen molar-refractivity contribution in [3.05, 3.63) is 12.3 Å². The molecule has 0 aliphatic rings. The fourth-order valence-electron chi connectivity index (χ4n) is 1.09. The molecule has 0 radical (unpaired) electrons. The van der Waals surface area contributed by atoms with Gasteiger partial charge in [-0.3, -0.25) is 0 Å². The molecular weight excluding hydrogens is 256 g/mol. The second kappa shape index (κ2) is 10.6. The average molecular weight is 280 g/mol. The summed E-state index contributed by atoms with van der Waals surface area (Å²) in [5.74, 6) is 0. The Morgan fingerprint density at radius 2 is 1.50 bits per heavy atom. The van der Waals surface area contributed by atoms with E-state index in [-0.39, 0.29) is 0 Å². The van der Waals surface area contributed by atoms with Crippen LogP contribution < -0.4 is 0 Å². The second-order valence-electron chi connectivity index (χ2n) is 3.41. The Hall–Kier alpha value is -0.283. The van der Waals surface area contributed by atoms with Crippen molar-refractivity contribution >= 4 is 8.80 Å². The molecule has 0 aliphatic carbocycles. The normalized spacial score (nSPS) is 13.6. The first-order valence-corrected chi connectivity index (χ1v) is 7.54. The highest BCUT2D eigenvalue weighted by molar-refractivity contribution is 6.66. The molecule has 0 saturated carbocycles. The van der Waals surface area contributed by atoms with Gasteiger partial charge in [0.15, 0.2) is 0 Å². The van der Waals surface area contributed by atoms with Gasteiger partial charge in [-0.25, -0.2) is 0 Å². The minimum absolute atomic E-state index is 0.373. The van der Waals surface area contributed by atoms with E-state index in [1.165, 1.54) is 0 Å². The number of rotatable bonds is 12. The molecule has 0 fully saturated rings. The summed E-state index contributed by atoms with van der Waals surface area (Å²) in [6.45, 7) is 7.16. The third-order valence-electron chi connectivity index (χ3n) is 2.09. The zero-order chi connectivity index (χ0) is 13.9. The Morgan fingerprint density at radius 3 is 1.83 bits per heavy atom. The first-order chi connectivity index (χ1) is 8.64. The lowest BCUT2D eigenvalue weighted by Crippen LogP contribution is -2.48. The smallest absolute Gasteiger partial charge is 0.382 e. The maximum absolute atomic E-state index is 5.67. The SMILES string of the molecule is C=C[Si](OCCOC)(OCCOC)OC(C)OC. The van der Waals surface area contributed by atoms with Crippen molar-refractivity contribution < 1.29 is 27.5 Å². The second-order valence-corrected chi connectivity index (χ2v) is 5.84. The van der Waals surface area contributed by atoms with Crippen LogP contribution in [-0.4, -0.2) is 62.9 Å². The molecule has 0 spiro atoms. The van der Waals surface area contributed by atoms with Crippen molar-refractivity contribution in [3.8, 4) is 0 Å². The van der Waals surface area contributed by atoms with Crippen molar-refractivity contribution in [3.63, 3.8) is 0 Å². The van der Waals surface area contributed by atoms with E-state index in [2.05, 4.69) is 6.58 Å². The molecule has 0 rings (SSSR count). The molecule has 0 aromatic carbocycles. The molecule has 0 aromatic heterocycles. The fourth-order valence-corrected chi connectivity index (χ4v) is 2.94. The van der Waals surface area contributed by atoms with Gasteiger partial charge in [-0.05, 0) is 12.6 Å². The van der Waals surface area contributed by atoms with Crippen LogP contribution in [0.15, 0.2) is 12.3 Å². The molecule has 0 saturated heterocycles. The van der Waals surface area contributed by atoms with Crippen LogP contribution in [0.1, 0.15) is 6.92 Å². The summed E-state index contributed by atoms with van der Waals surface area (Å²) in [5, 5.41) is 0. The highest BCUT2D eigenvalue weighted by atomic mass is 28.4. The molecule has 0 heterocycles. The summed E-state index contributed by atoms with van der Waals surface area (Å²) in [5.41, 5.74) is 1.58. The van der Waals surface area contributed by atoms with E-state index in [4.69, 9.17) is 27.5 Å². The van der Waals surface area contributed by atoms with Crippen molar-refractivity contribution in [2.75, 3.05) is 47.8 Å². The molecule has 0 N–H and O–H groups in total. The zero-order valence-corrected chi connectivity index (χ0v) is 12.6. The van der Waals surface area contributed by atoms with Crippen LogP contribution in [0.4, 0.5) is 0 Å². The highest BCUT2D eigenvalue weighted by Gasteiger charge is 2.40.